The second-order valence-electron chi connectivity index (χ2n) is 6.15. The molecule has 3 aromatic rings. The number of hydrogen-bond acceptors (Lipinski definition) is 3. The molecule has 4 rings (SSSR count). The molecule has 0 aliphatic carbocycles. The van der Waals surface area contributed by atoms with Gasteiger partial charge in [-0.3, -0.25) is 0 Å². The van der Waals surface area contributed by atoms with Crippen LogP contribution in [0.1, 0.15) is 16.0 Å². The Bertz CT molecular complexity index is 855. The van der Waals surface area contributed by atoms with Gasteiger partial charge < -0.3 is 10.2 Å². The van der Waals surface area contributed by atoms with E-state index >= 15 is 0 Å². The minimum Gasteiger partial charge on any atom is -0.338 e. The lowest BCUT2D eigenvalue weighted by molar-refractivity contribution is 0.193. The van der Waals surface area contributed by atoms with Crippen LogP contribution in [-0.2, 0) is 19.4 Å². The van der Waals surface area contributed by atoms with Crippen LogP contribution in [0.3, 0.4) is 0 Å². The predicted molar refractivity (Wildman–Crippen MR) is 99.1 cm³/mol. The van der Waals surface area contributed by atoms with Crippen LogP contribution in [0.4, 0.5) is 4.79 Å². The summed E-state index contributed by atoms with van der Waals surface area (Å²) in [6.45, 7) is 2.13. The molecule has 0 spiro atoms. The van der Waals surface area contributed by atoms with E-state index in [0.29, 0.717) is 6.54 Å². The Balaban J connectivity index is 1.28. The molecule has 0 atom stereocenters. The highest BCUT2D eigenvalue weighted by Crippen LogP contribution is 2.23. The number of aromatic nitrogens is 2. The number of para-hydroxylation sites is 1. The topological polar surface area (TPSA) is 50.2 Å². The van der Waals surface area contributed by atoms with Crippen LogP contribution in [0.25, 0.3) is 5.69 Å². The first kappa shape index (κ1) is 15.9. The molecule has 2 aromatic heterocycles. The third-order valence-corrected chi connectivity index (χ3v) is 5.46. The van der Waals surface area contributed by atoms with Gasteiger partial charge >= 0.3 is 6.03 Å². The van der Waals surface area contributed by atoms with Crippen molar-refractivity contribution >= 4 is 17.4 Å². The van der Waals surface area contributed by atoms with Gasteiger partial charge in [-0.15, -0.1) is 11.3 Å². The van der Waals surface area contributed by atoms with Gasteiger partial charge in [0.15, 0.2) is 0 Å². The van der Waals surface area contributed by atoms with Crippen LogP contribution >= 0.6 is 11.3 Å². The van der Waals surface area contributed by atoms with Crippen molar-refractivity contribution in [3.63, 3.8) is 0 Å². The second-order valence-corrected chi connectivity index (χ2v) is 7.15. The van der Waals surface area contributed by atoms with E-state index in [1.807, 2.05) is 52.3 Å². The van der Waals surface area contributed by atoms with E-state index < -0.39 is 0 Å². The van der Waals surface area contributed by atoms with E-state index in [-0.39, 0.29) is 6.03 Å². The Morgan fingerprint density at radius 1 is 1.24 bits per heavy atom. The Labute approximate surface area is 150 Å². The lowest BCUT2D eigenvalue weighted by Crippen LogP contribution is -2.43. The molecule has 6 heteroatoms. The van der Waals surface area contributed by atoms with Crippen molar-refractivity contribution in [3.8, 4) is 5.69 Å². The number of hydrogen-bond donors (Lipinski definition) is 1. The van der Waals surface area contributed by atoms with E-state index in [0.717, 1.165) is 37.2 Å². The highest BCUT2D eigenvalue weighted by atomic mass is 32.1. The quantitative estimate of drug-likeness (QED) is 0.784. The number of rotatable bonds is 4. The van der Waals surface area contributed by atoms with Crippen molar-refractivity contribution in [2.45, 2.75) is 19.4 Å². The number of benzene rings is 1. The summed E-state index contributed by atoms with van der Waals surface area (Å²) in [5.74, 6) is 0. The Hall–Kier alpha value is -2.60. The zero-order valence-corrected chi connectivity index (χ0v) is 14.7. The molecule has 128 valence electrons. The largest absolute Gasteiger partial charge is 0.338 e. The summed E-state index contributed by atoms with van der Waals surface area (Å²) in [6.07, 6.45) is 5.61. The summed E-state index contributed by atoms with van der Waals surface area (Å²) in [5.41, 5.74) is 3.44. The molecule has 0 fully saturated rings. The maximum atomic E-state index is 12.3. The lowest BCUT2D eigenvalue weighted by atomic mass is 10.1. The minimum absolute atomic E-state index is 0.0206. The Morgan fingerprint density at radius 2 is 2.12 bits per heavy atom. The van der Waals surface area contributed by atoms with E-state index in [1.54, 1.807) is 11.3 Å². The normalized spacial score (nSPS) is 13.5. The number of carbonyl (C=O) groups is 1. The Kier molecular flexibility index (Phi) is 4.52. The van der Waals surface area contributed by atoms with Crippen molar-refractivity contribution in [3.05, 3.63) is 70.2 Å². The summed E-state index contributed by atoms with van der Waals surface area (Å²) in [7, 11) is 0. The molecule has 1 N–H and O–H groups in total. The minimum atomic E-state index is 0.0206. The fraction of sp³-hybridized carbons (Fsp3) is 0.263. The van der Waals surface area contributed by atoms with Crippen LogP contribution in [0.15, 0.2) is 54.2 Å². The van der Waals surface area contributed by atoms with E-state index in [9.17, 15) is 4.79 Å². The molecule has 0 bridgehead atoms. The van der Waals surface area contributed by atoms with Gasteiger partial charge in [-0.25, -0.2) is 9.48 Å². The average Bonchev–Trinajstić information content (AvgIpc) is 3.31. The molecule has 1 aliphatic rings. The number of nitrogens with one attached hydrogen (secondary N) is 1. The molecular weight excluding hydrogens is 332 g/mol. The third-order valence-electron chi connectivity index (χ3n) is 4.44. The van der Waals surface area contributed by atoms with Crippen LogP contribution in [0.5, 0.6) is 0 Å². The number of carbonyl (C=O) groups excluding carboxylic acids is 1. The van der Waals surface area contributed by atoms with Gasteiger partial charge in [0.2, 0.25) is 0 Å². The van der Waals surface area contributed by atoms with Crippen LogP contribution in [0, 0.1) is 0 Å². The first-order chi connectivity index (χ1) is 12.3. The maximum absolute atomic E-state index is 12.3. The molecule has 1 aliphatic heterocycles. The summed E-state index contributed by atoms with van der Waals surface area (Å²) in [5, 5.41) is 9.52. The first-order valence-corrected chi connectivity index (χ1v) is 9.34. The molecule has 0 saturated heterocycles. The zero-order valence-electron chi connectivity index (χ0n) is 13.9. The average molecular weight is 352 g/mol. The molecule has 2 amide bonds. The molecule has 3 heterocycles. The van der Waals surface area contributed by atoms with Gasteiger partial charge in [0.1, 0.15) is 0 Å². The lowest BCUT2D eigenvalue weighted by Gasteiger charge is -2.27. The first-order valence-electron chi connectivity index (χ1n) is 8.46. The van der Waals surface area contributed by atoms with Gasteiger partial charge in [0.05, 0.1) is 11.9 Å². The molecule has 0 unspecified atom stereocenters. The van der Waals surface area contributed by atoms with Crippen LogP contribution < -0.4 is 5.32 Å². The molecule has 0 radical (unpaired) electrons. The molecule has 25 heavy (non-hydrogen) atoms. The maximum Gasteiger partial charge on any atom is 0.317 e. The van der Waals surface area contributed by atoms with Crippen molar-refractivity contribution in [1.82, 2.24) is 20.0 Å². The summed E-state index contributed by atoms with van der Waals surface area (Å²) in [6, 6.07) is 12.2. The zero-order chi connectivity index (χ0) is 17.1. The standard InChI is InChI=1S/C19H20N4OS/c24-19(22-10-7-18-16(14-22)8-11-25-18)20-9-6-15-12-21-23(13-15)17-4-2-1-3-5-17/h1-5,8,11-13H,6-7,9-10,14H2,(H,20,24). The summed E-state index contributed by atoms with van der Waals surface area (Å²) >= 11 is 1.79. The number of fused-ring (bicyclic) bond motifs is 1. The van der Waals surface area contributed by atoms with E-state index in [4.69, 9.17) is 0 Å². The molecule has 0 saturated carbocycles. The van der Waals surface area contributed by atoms with E-state index in [1.165, 1.54) is 10.4 Å². The number of urea groups is 1. The number of amides is 2. The number of nitrogens with zero attached hydrogens (tertiary/aromatic N) is 3. The van der Waals surface area contributed by atoms with Crippen molar-refractivity contribution in [2.75, 3.05) is 13.1 Å². The molecular formula is C19H20N4OS. The second kappa shape index (κ2) is 7.11. The fourth-order valence-corrected chi connectivity index (χ4v) is 3.95. The van der Waals surface area contributed by atoms with Gasteiger partial charge in [0.25, 0.3) is 0 Å². The highest BCUT2D eigenvalue weighted by Gasteiger charge is 2.20. The van der Waals surface area contributed by atoms with Gasteiger partial charge in [-0.05, 0) is 47.5 Å². The van der Waals surface area contributed by atoms with E-state index in [2.05, 4.69) is 21.9 Å². The van der Waals surface area contributed by atoms with Crippen molar-refractivity contribution < 1.29 is 4.79 Å². The third kappa shape index (κ3) is 3.58. The monoisotopic (exact) mass is 352 g/mol. The van der Waals surface area contributed by atoms with Crippen molar-refractivity contribution in [2.24, 2.45) is 0 Å². The fourth-order valence-electron chi connectivity index (χ4n) is 3.06. The van der Waals surface area contributed by atoms with Crippen LogP contribution in [0.2, 0.25) is 0 Å². The van der Waals surface area contributed by atoms with Crippen LogP contribution in [-0.4, -0.2) is 33.8 Å². The smallest absolute Gasteiger partial charge is 0.317 e. The van der Waals surface area contributed by atoms with Crippen molar-refractivity contribution in [1.29, 1.82) is 0 Å². The van der Waals surface area contributed by atoms with Gasteiger partial charge in [0, 0.05) is 30.7 Å². The van der Waals surface area contributed by atoms with Gasteiger partial charge in [-0.2, -0.15) is 5.10 Å². The SMILES string of the molecule is O=C(NCCc1cnn(-c2ccccc2)c1)N1CCc2sccc2C1. The Morgan fingerprint density at radius 3 is 3.00 bits per heavy atom. The number of thiophene rings is 1. The summed E-state index contributed by atoms with van der Waals surface area (Å²) < 4.78 is 1.86. The molecule has 5 nitrogen and oxygen atoms in total. The summed E-state index contributed by atoms with van der Waals surface area (Å²) in [4.78, 5) is 15.6. The molecule has 1 aromatic carbocycles. The van der Waals surface area contributed by atoms with Gasteiger partial charge in [-0.1, -0.05) is 18.2 Å². The highest BCUT2D eigenvalue weighted by molar-refractivity contribution is 7.10. The predicted octanol–water partition coefficient (Wildman–Crippen LogP) is 3.24.